The lowest BCUT2D eigenvalue weighted by molar-refractivity contribution is -0.137. The number of halogens is 4. The number of carbonyl (C=O) groups excluding carboxylic acids is 2. The molecular formula is C20H20ClF3N2O2S. The summed E-state index contributed by atoms with van der Waals surface area (Å²) in [6.07, 6.45) is -3.39. The standard InChI is InChI=1S/C20H20ClF3N2O2S/c1-3-5-18(27)25-14-6-4-7-15(11-14)29-12(2)19(28)26-17-10-13(20(22,23)24)8-9-16(17)21/h4,6-12H,3,5H2,1-2H3,(H,25,27)(H,26,28). The molecule has 1 atom stereocenters. The summed E-state index contributed by atoms with van der Waals surface area (Å²) in [7, 11) is 0. The molecular weight excluding hydrogens is 425 g/mol. The van der Waals surface area contributed by atoms with E-state index in [2.05, 4.69) is 10.6 Å². The van der Waals surface area contributed by atoms with Gasteiger partial charge in [-0.2, -0.15) is 13.2 Å². The number of amides is 2. The molecule has 0 aromatic heterocycles. The minimum absolute atomic E-state index is 0.0178. The van der Waals surface area contributed by atoms with Gasteiger partial charge in [0.25, 0.3) is 0 Å². The van der Waals surface area contributed by atoms with Gasteiger partial charge in [-0.1, -0.05) is 24.6 Å². The Morgan fingerprint density at radius 2 is 1.86 bits per heavy atom. The summed E-state index contributed by atoms with van der Waals surface area (Å²) in [4.78, 5) is 24.9. The van der Waals surface area contributed by atoms with Gasteiger partial charge in [-0.05, 0) is 49.7 Å². The second-order valence-corrected chi connectivity index (χ2v) is 8.09. The third-order valence-electron chi connectivity index (χ3n) is 3.83. The van der Waals surface area contributed by atoms with Crippen LogP contribution in [0.1, 0.15) is 32.3 Å². The molecule has 2 rings (SSSR count). The first-order valence-corrected chi connectivity index (χ1v) is 10.1. The first kappa shape index (κ1) is 23.1. The average molecular weight is 445 g/mol. The van der Waals surface area contributed by atoms with Gasteiger partial charge in [0.2, 0.25) is 11.8 Å². The Morgan fingerprint density at radius 1 is 1.14 bits per heavy atom. The maximum atomic E-state index is 12.9. The maximum Gasteiger partial charge on any atom is 0.416 e. The molecule has 0 heterocycles. The van der Waals surface area contributed by atoms with Crippen LogP contribution in [0.4, 0.5) is 24.5 Å². The molecule has 0 aliphatic heterocycles. The van der Waals surface area contributed by atoms with Crippen LogP contribution in [0.2, 0.25) is 5.02 Å². The highest BCUT2D eigenvalue weighted by Crippen LogP contribution is 2.34. The van der Waals surface area contributed by atoms with Gasteiger partial charge in [0, 0.05) is 17.0 Å². The SMILES string of the molecule is CCCC(=O)Nc1cccc(SC(C)C(=O)Nc2cc(C(F)(F)F)ccc2Cl)c1. The Hall–Kier alpha value is -2.19. The molecule has 0 radical (unpaired) electrons. The Bertz CT molecular complexity index is 890. The van der Waals surface area contributed by atoms with Gasteiger partial charge in [-0.3, -0.25) is 9.59 Å². The maximum absolute atomic E-state index is 12.9. The smallest absolute Gasteiger partial charge is 0.326 e. The summed E-state index contributed by atoms with van der Waals surface area (Å²) in [5.41, 5.74) is -0.380. The van der Waals surface area contributed by atoms with E-state index in [0.29, 0.717) is 12.1 Å². The van der Waals surface area contributed by atoms with E-state index >= 15 is 0 Å². The van der Waals surface area contributed by atoms with Crippen LogP contribution in [-0.2, 0) is 15.8 Å². The summed E-state index contributed by atoms with van der Waals surface area (Å²) in [6.45, 7) is 3.53. The molecule has 2 amide bonds. The van der Waals surface area contributed by atoms with Crippen molar-refractivity contribution in [1.29, 1.82) is 0 Å². The van der Waals surface area contributed by atoms with E-state index in [1.54, 1.807) is 31.2 Å². The van der Waals surface area contributed by atoms with Crippen molar-refractivity contribution in [2.24, 2.45) is 0 Å². The van der Waals surface area contributed by atoms with Gasteiger partial charge in [0.15, 0.2) is 0 Å². The monoisotopic (exact) mass is 444 g/mol. The number of carbonyl (C=O) groups is 2. The summed E-state index contributed by atoms with van der Waals surface area (Å²) in [5.74, 6) is -0.587. The number of hydrogen-bond acceptors (Lipinski definition) is 3. The quantitative estimate of drug-likeness (QED) is 0.498. The fraction of sp³-hybridized carbons (Fsp3) is 0.300. The Kier molecular flexibility index (Phi) is 7.98. The third-order valence-corrected chi connectivity index (χ3v) is 5.25. The molecule has 0 aliphatic rings. The summed E-state index contributed by atoms with van der Waals surface area (Å²) >= 11 is 7.13. The highest BCUT2D eigenvalue weighted by molar-refractivity contribution is 8.00. The number of benzene rings is 2. The summed E-state index contributed by atoms with van der Waals surface area (Å²) < 4.78 is 38.6. The summed E-state index contributed by atoms with van der Waals surface area (Å²) in [6, 6.07) is 9.76. The van der Waals surface area contributed by atoms with Crippen molar-refractivity contribution in [2.45, 2.75) is 43.0 Å². The Morgan fingerprint density at radius 3 is 2.52 bits per heavy atom. The van der Waals surface area contributed by atoms with Gasteiger partial charge in [-0.25, -0.2) is 0 Å². The van der Waals surface area contributed by atoms with Crippen molar-refractivity contribution in [3.05, 3.63) is 53.1 Å². The van der Waals surface area contributed by atoms with Gasteiger partial charge >= 0.3 is 6.18 Å². The molecule has 2 aromatic carbocycles. The fourth-order valence-corrected chi connectivity index (χ4v) is 3.48. The van der Waals surface area contributed by atoms with Gasteiger partial charge < -0.3 is 10.6 Å². The van der Waals surface area contributed by atoms with E-state index in [-0.39, 0.29) is 16.6 Å². The molecule has 2 aromatic rings. The van der Waals surface area contributed by atoms with Crippen LogP contribution in [-0.4, -0.2) is 17.1 Å². The zero-order chi connectivity index (χ0) is 21.6. The topological polar surface area (TPSA) is 58.2 Å². The van der Waals surface area contributed by atoms with Crippen molar-refractivity contribution < 1.29 is 22.8 Å². The van der Waals surface area contributed by atoms with Crippen molar-refractivity contribution >= 4 is 46.6 Å². The molecule has 0 bridgehead atoms. The Balaban J connectivity index is 2.05. The van der Waals surface area contributed by atoms with Crippen molar-refractivity contribution in [3.63, 3.8) is 0 Å². The predicted molar refractivity (Wildman–Crippen MR) is 110 cm³/mol. The fourth-order valence-electron chi connectivity index (χ4n) is 2.39. The number of thioether (sulfide) groups is 1. The van der Waals surface area contributed by atoms with Crippen LogP contribution in [0.3, 0.4) is 0 Å². The molecule has 156 valence electrons. The van der Waals surface area contributed by atoms with Gasteiger partial charge in [-0.15, -0.1) is 11.8 Å². The lowest BCUT2D eigenvalue weighted by atomic mass is 10.2. The van der Waals surface area contributed by atoms with E-state index in [0.717, 1.165) is 29.5 Å². The molecule has 0 aliphatic carbocycles. The molecule has 2 N–H and O–H groups in total. The predicted octanol–water partition coefficient (Wildman–Crippen LogP) is 6.22. The number of alkyl halides is 3. The lowest BCUT2D eigenvalue weighted by Gasteiger charge is -2.15. The highest BCUT2D eigenvalue weighted by atomic mass is 35.5. The molecule has 1 unspecified atom stereocenters. The largest absolute Gasteiger partial charge is 0.416 e. The number of rotatable bonds is 7. The average Bonchev–Trinajstić information content (AvgIpc) is 2.63. The van der Waals surface area contributed by atoms with Gasteiger partial charge in [0.1, 0.15) is 0 Å². The number of nitrogens with one attached hydrogen (secondary N) is 2. The number of anilines is 2. The van der Waals surface area contributed by atoms with E-state index in [4.69, 9.17) is 11.6 Å². The first-order valence-electron chi connectivity index (χ1n) is 8.84. The van der Waals surface area contributed by atoms with Crippen molar-refractivity contribution in [2.75, 3.05) is 10.6 Å². The van der Waals surface area contributed by atoms with Gasteiger partial charge in [0.05, 0.1) is 21.5 Å². The van der Waals surface area contributed by atoms with Crippen LogP contribution in [0.15, 0.2) is 47.4 Å². The van der Waals surface area contributed by atoms with Crippen LogP contribution in [0, 0.1) is 0 Å². The first-order chi connectivity index (χ1) is 13.6. The zero-order valence-corrected chi connectivity index (χ0v) is 17.3. The Labute approximate surface area is 176 Å². The minimum atomic E-state index is -4.53. The minimum Gasteiger partial charge on any atom is -0.326 e. The van der Waals surface area contributed by atoms with E-state index in [1.165, 1.54) is 11.8 Å². The number of hydrogen-bond donors (Lipinski definition) is 2. The van der Waals surface area contributed by atoms with E-state index in [1.807, 2.05) is 6.92 Å². The highest BCUT2D eigenvalue weighted by Gasteiger charge is 2.31. The second kappa shape index (κ2) is 10.0. The van der Waals surface area contributed by atoms with E-state index < -0.39 is 22.9 Å². The molecule has 4 nitrogen and oxygen atoms in total. The normalized spacial score (nSPS) is 12.3. The molecule has 29 heavy (non-hydrogen) atoms. The summed E-state index contributed by atoms with van der Waals surface area (Å²) in [5, 5.41) is 4.63. The third kappa shape index (κ3) is 6.97. The molecule has 0 spiro atoms. The van der Waals surface area contributed by atoms with Crippen molar-refractivity contribution in [3.8, 4) is 0 Å². The van der Waals surface area contributed by atoms with Crippen LogP contribution in [0.5, 0.6) is 0 Å². The molecule has 0 saturated carbocycles. The van der Waals surface area contributed by atoms with E-state index in [9.17, 15) is 22.8 Å². The molecule has 0 saturated heterocycles. The second-order valence-electron chi connectivity index (χ2n) is 6.27. The lowest BCUT2D eigenvalue weighted by Crippen LogP contribution is -2.23. The van der Waals surface area contributed by atoms with Crippen LogP contribution >= 0.6 is 23.4 Å². The molecule has 0 fully saturated rings. The zero-order valence-electron chi connectivity index (χ0n) is 15.8. The van der Waals surface area contributed by atoms with Crippen LogP contribution < -0.4 is 10.6 Å². The van der Waals surface area contributed by atoms with Crippen LogP contribution in [0.25, 0.3) is 0 Å². The molecule has 9 heteroatoms. The van der Waals surface area contributed by atoms with Crippen molar-refractivity contribution in [1.82, 2.24) is 0 Å².